The molecular formula is C28H55NO5. The van der Waals surface area contributed by atoms with Gasteiger partial charge in [0.15, 0.2) is 0 Å². The number of morpholine rings is 1. The van der Waals surface area contributed by atoms with Gasteiger partial charge in [-0.3, -0.25) is 4.90 Å². The number of methoxy groups -OCH3 is 1. The number of hydrogen-bond acceptors (Lipinski definition) is 6. The first kappa shape index (κ1) is 30.0. The Kier molecular flexibility index (Phi) is 12.3. The second-order valence-electron chi connectivity index (χ2n) is 12.3. The maximum absolute atomic E-state index is 10.5. The molecule has 7 unspecified atom stereocenters. The summed E-state index contributed by atoms with van der Waals surface area (Å²) in [7, 11) is 1.43. The summed E-state index contributed by atoms with van der Waals surface area (Å²) in [5.41, 5.74) is 0.910. The molecule has 2 aliphatic carbocycles. The first-order chi connectivity index (χ1) is 16.0. The van der Waals surface area contributed by atoms with Crippen LogP contribution in [0.5, 0.6) is 0 Å². The zero-order valence-electron chi connectivity index (χ0n) is 23.2. The predicted molar refractivity (Wildman–Crippen MR) is 138 cm³/mol. The maximum Gasteiger partial charge on any atom is 0.143 e. The molecule has 0 amide bonds. The summed E-state index contributed by atoms with van der Waals surface area (Å²) >= 11 is 0. The minimum absolute atomic E-state index is 0.181. The second kappa shape index (κ2) is 13.9. The SMILES string of the molecule is CC1CN(CC(O)COCCC2C(C)CCC3C(C)(C)CCCCC23C)CC(C)O1.COCO. The average Bonchev–Trinajstić information content (AvgIpc) is 2.87. The number of aliphatic hydroxyl groups is 2. The molecule has 0 spiro atoms. The normalized spacial score (nSPS) is 37.1. The van der Waals surface area contributed by atoms with E-state index in [4.69, 9.17) is 14.6 Å². The van der Waals surface area contributed by atoms with Crippen molar-refractivity contribution in [2.45, 2.75) is 105 Å². The highest BCUT2D eigenvalue weighted by molar-refractivity contribution is 5.01. The quantitative estimate of drug-likeness (QED) is 0.383. The van der Waals surface area contributed by atoms with Crippen LogP contribution in [0.25, 0.3) is 0 Å². The zero-order chi connectivity index (χ0) is 25.4. The molecule has 6 heteroatoms. The van der Waals surface area contributed by atoms with Crippen LogP contribution in [-0.2, 0) is 14.2 Å². The van der Waals surface area contributed by atoms with Gasteiger partial charge in [-0.1, -0.05) is 47.0 Å². The van der Waals surface area contributed by atoms with Crippen molar-refractivity contribution >= 4 is 0 Å². The van der Waals surface area contributed by atoms with E-state index in [9.17, 15) is 5.11 Å². The number of hydrogen-bond donors (Lipinski definition) is 2. The van der Waals surface area contributed by atoms with Gasteiger partial charge >= 0.3 is 0 Å². The number of β-amino-alcohol motifs (C(OH)–C–C–N with tert-alkyl or cyclic N) is 1. The lowest BCUT2D eigenvalue weighted by Gasteiger charge is -2.55. The van der Waals surface area contributed by atoms with Gasteiger partial charge in [0.05, 0.1) is 24.9 Å². The number of fused-ring (bicyclic) bond motifs is 1. The largest absolute Gasteiger partial charge is 0.389 e. The van der Waals surface area contributed by atoms with Crippen molar-refractivity contribution in [3.63, 3.8) is 0 Å². The van der Waals surface area contributed by atoms with Gasteiger partial charge in [-0.2, -0.15) is 0 Å². The molecule has 0 bridgehead atoms. The van der Waals surface area contributed by atoms with E-state index in [1.807, 2.05) is 0 Å². The zero-order valence-corrected chi connectivity index (χ0v) is 23.2. The molecule has 2 N–H and O–H groups in total. The number of ether oxygens (including phenoxy) is 3. The van der Waals surface area contributed by atoms with E-state index in [1.54, 1.807) is 0 Å². The van der Waals surface area contributed by atoms with Crippen LogP contribution in [0.1, 0.15) is 86.5 Å². The third-order valence-corrected chi connectivity index (χ3v) is 8.95. The lowest BCUT2D eigenvalue weighted by molar-refractivity contribution is -0.0862. The Balaban J connectivity index is 0.000000945. The lowest BCUT2D eigenvalue weighted by atomic mass is 9.50. The number of aliphatic hydroxyl groups excluding tert-OH is 2. The van der Waals surface area contributed by atoms with E-state index in [1.165, 1.54) is 45.6 Å². The summed E-state index contributed by atoms with van der Waals surface area (Å²) in [6.45, 7) is 17.9. The highest BCUT2D eigenvalue weighted by Gasteiger charge is 2.52. The first-order valence-corrected chi connectivity index (χ1v) is 13.8. The van der Waals surface area contributed by atoms with Gasteiger partial charge in [-0.15, -0.1) is 0 Å². The van der Waals surface area contributed by atoms with Crippen LogP contribution in [-0.4, -0.2) is 80.2 Å². The van der Waals surface area contributed by atoms with Crippen molar-refractivity contribution in [1.82, 2.24) is 4.90 Å². The molecule has 3 aliphatic rings. The van der Waals surface area contributed by atoms with Gasteiger partial charge in [0.25, 0.3) is 0 Å². The average molecular weight is 486 g/mol. The van der Waals surface area contributed by atoms with Crippen LogP contribution < -0.4 is 0 Å². The minimum Gasteiger partial charge on any atom is -0.389 e. The molecular weight excluding hydrogens is 430 g/mol. The van der Waals surface area contributed by atoms with Crippen LogP contribution in [0.15, 0.2) is 0 Å². The highest BCUT2D eigenvalue weighted by Crippen LogP contribution is 2.60. The van der Waals surface area contributed by atoms with Crippen molar-refractivity contribution < 1.29 is 24.4 Å². The molecule has 1 heterocycles. The van der Waals surface area contributed by atoms with Gasteiger partial charge in [-0.05, 0) is 68.1 Å². The summed E-state index contributed by atoms with van der Waals surface area (Å²) in [5, 5.41) is 18.2. The van der Waals surface area contributed by atoms with Gasteiger partial charge < -0.3 is 24.4 Å². The molecule has 2 saturated carbocycles. The summed E-state index contributed by atoms with van der Waals surface area (Å²) in [4.78, 5) is 2.31. The monoisotopic (exact) mass is 485 g/mol. The molecule has 0 radical (unpaired) electrons. The Bertz CT molecular complexity index is 561. The second-order valence-corrected chi connectivity index (χ2v) is 12.3. The third kappa shape index (κ3) is 8.41. The van der Waals surface area contributed by atoms with Crippen molar-refractivity contribution in [2.24, 2.45) is 28.6 Å². The predicted octanol–water partition coefficient (Wildman–Crippen LogP) is 4.71. The van der Waals surface area contributed by atoms with E-state index in [0.717, 1.165) is 43.9 Å². The van der Waals surface area contributed by atoms with E-state index in [2.05, 4.69) is 51.2 Å². The minimum atomic E-state index is -0.411. The van der Waals surface area contributed by atoms with E-state index in [-0.39, 0.29) is 19.0 Å². The Labute approximate surface area is 209 Å². The Morgan fingerprint density at radius 2 is 1.65 bits per heavy atom. The Hall–Kier alpha value is -0.240. The van der Waals surface area contributed by atoms with Crippen molar-refractivity contribution in [3.05, 3.63) is 0 Å². The third-order valence-electron chi connectivity index (χ3n) is 8.95. The Morgan fingerprint density at radius 3 is 2.26 bits per heavy atom. The van der Waals surface area contributed by atoms with Crippen LogP contribution in [0.4, 0.5) is 0 Å². The summed E-state index contributed by atoms with van der Waals surface area (Å²) < 4.78 is 15.9. The van der Waals surface area contributed by atoms with Gasteiger partial charge in [0.2, 0.25) is 0 Å². The standard InChI is InChI=1S/C26H49NO3.C2H6O2/c1-19-9-10-24-25(4,5)12-7-8-13-26(24,6)23(19)11-14-29-18-22(28)17-27-15-20(2)30-21(3)16-27;1-4-2-3/h19-24,28H,7-18H2,1-6H3;3H,2H2,1H3. The van der Waals surface area contributed by atoms with Crippen LogP contribution in [0.3, 0.4) is 0 Å². The molecule has 34 heavy (non-hydrogen) atoms. The van der Waals surface area contributed by atoms with Gasteiger partial charge in [0.1, 0.15) is 6.79 Å². The smallest absolute Gasteiger partial charge is 0.143 e. The van der Waals surface area contributed by atoms with Crippen molar-refractivity contribution in [2.75, 3.05) is 46.8 Å². The highest BCUT2D eigenvalue weighted by atomic mass is 16.6. The summed E-state index contributed by atoms with van der Waals surface area (Å²) in [5.74, 6) is 2.36. The number of rotatable bonds is 8. The van der Waals surface area contributed by atoms with E-state index >= 15 is 0 Å². The topological polar surface area (TPSA) is 71.4 Å². The molecule has 1 aliphatic heterocycles. The number of nitrogens with zero attached hydrogens (tertiary/aromatic N) is 1. The van der Waals surface area contributed by atoms with Gasteiger partial charge in [0, 0.05) is 33.4 Å². The maximum atomic E-state index is 10.5. The van der Waals surface area contributed by atoms with Crippen LogP contribution in [0.2, 0.25) is 0 Å². The summed E-state index contributed by atoms with van der Waals surface area (Å²) in [6.07, 6.45) is 9.52. The van der Waals surface area contributed by atoms with E-state index in [0.29, 0.717) is 24.0 Å². The van der Waals surface area contributed by atoms with Crippen LogP contribution in [0, 0.1) is 28.6 Å². The van der Waals surface area contributed by atoms with Crippen LogP contribution >= 0.6 is 0 Å². The van der Waals surface area contributed by atoms with Gasteiger partial charge in [-0.25, -0.2) is 0 Å². The molecule has 0 aromatic heterocycles. The van der Waals surface area contributed by atoms with Crippen molar-refractivity contribution in [3.8, 4) is 0 Å². The van der Waals surface area contributed by atoms with Crippen molar-refractivity contribution in [1.29, 1.82) is 0 Å². The molecule has 3 rings (SSSR count). The molecule has 0 aromatic carbocycles. The molecule has 6 nitrogen and oxygen atoms in total. The molecule has 7 atom stereocenters. The molecule has 0 aromatic rings. The molecule has 1 saturated heterocycles. The van der Waals surface area contributed by atoms with E-state index < -0.39 is 6.10 Å². The first-order valence-electron chi connectivity index (χ1n) is 13.8. The Morgan fingerprint density at radius 1 is 1.03 bits per heavy atom. The molecule has 3 fully saturated rings. The lowest BCUT2D eigenvalue weighted by Crippen LogP contribution is -2.48. The summed E-state index contributed by atoms with van der Waals surface area (Å²) in [6, 6.07) is 0. The fourth-order valence-electron chi connectivity index (χ4n) is 7.60. The fraction of sp³-hybridized carbons (Fsp3) is 1.00. The fourth-order valence-corrected chi connectivity index (χ4v) is 7.60. The molecule has 202 valence electrons.